The number of carbonyl (C=O) groups excluding carboxylic acids is 2. The first-order chi connectivity index (χ1) is 10.6. The van der Waals surface area contributed by atoms with Crippen LogP contribution >= 0.6 is 0 Å². The first-order valence-corrected chi connectivity index (χ1v) is 8.93. The highest BCUT2D eigenvalue weighted by Gasteiger charge is 2.22. The number of amides is 2. The van der Waals surface area contributed by atoms with Gasteiger partial charge in [0.1, 0.15) is 0 Å². The lowest BCUT2D eigenvalue weighted by molar-refractivity contribution is -0.127. The second-order valence-electron chi connectivity index (χ2n) is 6.95. The lowest BCUT2D eigenvalue weighted by atomic mass is 9.88. The standard InChI is InChI=1S/C17H31N3O2/c1-13(20-17(22)15-5-3-2-4-6-15)11-16(21)19-10-8-14-7-9-18-12-14/h13-15,18H,2-12H2,1H3,(H,19,21)(H,20,22). The molecule has 0 aromatic carbocycles. The molecule has 2 amide bonds. The summed E-state index contributed by atoms with van der Waals surface area (Å²) in [4.78, 5) is 24.0. The van der Waals surface area contributed by atoms with Crippen LogP contribution in [0.5, 0.6) is 0 Å². The molecule has 5 nitrogen and oxygen atoms in total. The van der Waals surface area contributed by atoms with Crippen molar-refractivity contribution >= 4 is 11.8 Å². The third-order valence-electron chi connectivity index (χ3n) is 4.89. The highest BCUT2D eigenvalue weighted by atomic mass is 16.2. The maximum absolute atomic E-state index is 12.1. The van der Waals surface area contributed by atoms with Crippen LogP contribution in [0, 0.1) is 11.8 Å². The number of carbonyl (C=O) groups is 2. The van der Waals surface area contributed by atoms with Crippen LogP contribution in [0.2, 0.25) is 0 Å². The van der Waals surface area contributed by atoms with Crippen molar-refractivity contribution in [3.8, 4) is 0 Å². The lowest BCUT2D eigenvalue weighted by Crippen LogP contribution is -2.41. The average Bonchev–Trinajstić information content (AvgIpc) is 3.01. The molecule has 0 aromatic rings. The fourth-order valence-corrected chi connectivity index (χ4v) is 3.50. The van der Waals surface area contributed by atoms with Crippen LogP contribution in [0.4, 0.5) is 0 Å². The minimum absolute atomic E-state index is 0.0439. The maximum Gasteiger partial charge on any atom is 0.223 e. The van der Waals surface area contributed by atoms with Crippen LogP contribution in [0.15, 0.2) is 0 Å². The molecule has 2 atom stereocenters. The predicted molar refractivity (Wildman–Crippen MR) is 87.4 cm³/mol. The largest absolute Gasteiger partial charge is 0.356 e. The van der Waals surface area contributed by atoms with Gasteiger partial charge in [0.15, 0.2) is 0 Å². The van der Waals surface area contributed by atoms with Crippen LogP contribution in [0.25, 0.3) is 0 Å². The molecule has 1 heterocycles. The van der Waals surface area contributed by atoms with Gasteiger partial charge in [-0.05, 0) is 51.6 Å². The van der Waals surface area contributed by atoms with Gasteiger partial charge in [0.2, 0.25) is 11.8 Å². The van der Waals surface area contributed by atoms with Crippen molar-refractivity contribution in [1.82, 2.24) is 16.0 Å². The molecule has 2 rings (SSSR count). The van der Waals surface area contributed by atoms with E-state index in [0.717, 1.165) is 51.7 Å². The molecule has 2 aliphatic rings. The summed E-state index contributed by atoms with van der Waals surface area (Å²) < 4.78 is 0. The van der Waals surface area contributed by atoms with E-state index < -0.39 is 0 Å². The lowest BCUT2D eigenvalue weighted by Gasteiger charge is -2.23. The molecule has 3 N–H and O–H groups in total. The van der Waals surface area contributed by atoms with Gasteiger partial charge in [-0.1, -0.05) is 19.3 Å². The molecule has 2 fully saturated rings. The zero-order valence-corrected chi connectivity index (χ0v) is 13.8. The summed E-state index contributed by atoms with van der Waals surface area (Å²) in [5.74, 6) is 1.04. The quantitative estimate of drug-likeness (QED) is 0.669. The van der Waals surface area contributed by atoms with Gasteiger partial charge in [0.25, 0.3) is 0 Å². The average molecular weight is 309 g/mol. The van der Waals surface area contributed by atoms with Crippen LogP contribution < -0.4 is 16.0 Å². The van der Waals surface area contributed by atoms with Gasteiger partial charge in [-0.3, -0.25) is 9.59 Å². The summed E-state index contributed by atoms with van der Waals surface area (Å²) in [7, 11) is 0. The number of hydrogen-bond donors (Lipinski definition) is 3. The molecular formula is C17H31N3O2. The van der Waals surface area contributed by atoms with Crippen LogP contribution in [0.1, 0.15) is 58.3 Å². The van der Waals surface area contributed by atoms with E-state index in [2.05, 4.69) is 16.0 Å². The number of hydrogen-bond acceptors (Lipinski definition) is 3. The Morgan fingerprint density at radius 2 is 1.95 bits per heavy atom. The molecule has 0 radical (unpaired) electrons. The Hall–Kier alpha value is -1.10. The summed E-state index contributed by atoms with van der Waals surface area (Å²) in [6.07, 6.45) is 8.19. The Morgan fingerprint density at radius 1 is 1.18 bits per heavy atom. The van der Waals surface area contributed by atoms with E-state index in [1.807, 2.05) is 6.92 Å². The van der Waals surface area contributed by atoms with Crippen molar-refractivity contribution in [2.24, 2.45) is 11.8 Å². The Morgan fingerprint density at radius 3 is 2.64 bits per heavy atom. The summed E-state index contributed by atoms with van der Waals surface area (Å²) in [6.45, 7) is 4.84. The Kier molecular flexibility index (Phi) is 7.16. The van der Waals surface area contributed by atoms with E-state index in [-0.39, 0.29) is 23.8 Å². The third-order valence-corrected chi connectivity index (χ3v) is 4.89. The number of nitrogens with one attached hydrogen (secondary N) is 3. The minimum Gasteiger partial charge on any atom is -0.356 e. The van der Waals surface area contributed by atoms with Gasteiger partial charge in [-0.25, -0.2) is 0 Å². The Balaban J connectivity index is 1.57. The molecule has 0 bridgehead atoms. The summed E-state index contributed by atoms with van der Waals surface area (Å²) in [6, 6.07) is -0.0810. The summed E-state index contributed by atoms with van der Waals surface area (Å²) in [5.41, 5.74) is 0. The molecule has 1 saturated carbocycles. The Labute approximate surface area is 134 Å². The zero-order valence-electron chi connectivity index (χ0n) is 13.8. The molecule has 1 aliphatic carbocycles. The van der Waals surface area contributed by atoms with Crippen molar-refractivity contribution in [1.29, 1.82) is 0 Å². The van der Waals surface area contributed by atoms with Crippen molar-refractivity contribution in [2.75, 3.05) is 19.6 Å². The molecular weight excluding hydrogens is 278 g/mol. The van der Waals surface area contributed by atoms with Gasteiger partial charge in [0, 0.05) is 24.9 Å². The first kappa shape index (κ1) is 17.3. The molecule has 2 unspecified atom stereocenters. The van der Waals surface area contributed by atoms with Gasteiger partial charge in [-0.15, -0.1) is 0 Å². The number of rotatable bonds is 7. The Bertz CT molecular complexity index is 361. The second-order valence-corrected chi connectivity index (χ2v) is 6.95. The van der Waals surface area contributed by atoms with E-state index >= 15 is 0 Å². The smallest absolute Gasteiger partial charge is 0.223 e. The normalized spacial score (nSPS) is 24.0. The molecule has 0 spiro atoms. The SMILES string of the molecule is CC(CC(=O)NCCC1CCNC1)NC(=O)C1CCCCC1. The van der Waals surface area contributed by atoms with Crippen LogP contribution in [0.3, 0.4) is 0 Å². The topological polar surface area (TPSA) is 70.2 Å². The molecule has 1 saturated heterocycles. The van der Waals surface area contributed by atoms with Gasteiger partial charge >= 0.3 is 0 Å². The van der Waals surface area contributed by atoms with E-state index in [0.29, 0.717) is 12.3 Å². The second kappa shape index (κ2) is 9.13. The highest BCUT2D eigenvalue weighted by molar-refractivity contribution is 5.81. The fraction of sp³-hybridized carbons (Fsp3) is 0.882. The maximum atomic E-state index is 12.1. The van der Waals surface area contributed by atoms with Crippen molar-refractivity contribution in [3.05, 3.63) is 0 Å². The molecule has 5 heteroatoms. The van der Waals surface area contributed by atoms with Gasteiger partial charge in [-0.2, -0.15) is 0 Å². The van der Waals surface area contributed by atoms with Crippen LogP contribution in [-0.2, 0) is 9.59 Å². The van der Waals surface area contributed by atoms with Crippen molar-refractivity contribution < 1.29 is 9.59 Å². The van der Waals surface area contributed by atoms with Crippen molar-refractivity contribution in [2.45, 2.75) is 64.3 Å². The van der Waals surface area contributed by atoms with E-state index in [9.17, 15) is 9.59 Å². The van der Waals surface area contributed by atoms with Crippen molar-refractivity contribution in [3.63, 3.8) is 0 Å². The minimum atomic E-state index is -0.0810. The van der Waals surface area contributed by atoms with Crippen LogP contribution in [-0.4, -0.2) is 37.5 Å². The monoisotopic (exact) mass is 309 g/mol. The third kappa shape index (κ3) is 5.95. The molecule has 0 aromatic heterocycles. The fourth-order valence-electron chi connectivity index (χ4n) is 3.50. The van der Waals surface area contributed by atoms with Gasteiger partial charge < -0.3 is 16.0 Å². The summed E-state index contributed by atoms with van der Waals surface area (Å²) in [5, 5.41) is 9.31. The summed E-state index contributed by atoms with van der Waals surface area (Å²) >= 11 is 0. The molecule has 22 heavy (non-hydrogen) atoms. The van der Waals surface area contributed by atoms with E-state index in [4.69, 9.17) is 0 Å². The zero-order chi connectivity index (χ0) is 15.8. The van der Waals surface area contributed by atoms with Gasteiger partial charge in [0.05, 0.1) is 0 Å². The molecule has 1 aliphatic heterocycles. The van der Waals surface area contributed by atoms with E-state index in [1.54, 1.807) is 0 Å². The highest BCUT2D eigenvalue weighted by Crippen LogP contribution is 2.23. The van der Waals surface area contributed by atoms with E-state index in [1.165, 1.54) is 12.8 Å². The predicted octanol–water partition coefficient (Wildman–Crippen LogP) is 1.58. The molecule has 126 valence electrons. The first-order valence-electron chi connectivity index (χ1n) is 8.93.